The molecule has 4 nitrogen and oxygen atoms in total. The van der Waals surface area contributed by atoms with Crippen molar-refractivity contribution in [3.05, 3.63) is 29.3 Å². The van der Waals surface area contributed by atoms with Crippen LogP contribution in [0.5, 0.6) is 0 Å². The van der Waals surface area contributed by atoms with Gasteiger partial charge in [-0.2, -0.15) is 0 Å². The molecule has 0 unspecified atom stereocenters. The van der Waals surface area contributed by atoms with Crippen molar-refractivity contribution in [1.82, 2.24) is 9.62 Å². The van der Waals surface area contributed by atoms with E-state index in [1.165, 1.54) is 4.31 Å². The Hall–Kier alpha value is -0.910. The first-order valence-electron chi connectivity index (χ1n) is 7.08. The van der Waals surface area contributed by atoms with E-state index in [1.807, 2.05) is 19.9 Å². The molecule has 0 bridgehead atoms. The van der Waals surface area contributed by atoms with Crippen LogP contribution in [0, 0.1) is 6.92 Å². The van der Waals surface area contributed by atoms with Crippen molar-refractivity contribution < 1.29 is 8.42 Å². The molecule has 0 aliphatic carbocycles. The van der Waals surface area contributed by atoms with E-state index in [-0.39, 0.29) is 0 Å². The SMILES string of the molecule is CCCN(C)S(=O)(=O)c1ccc(C)c(CNC(C)C)c1. The normalized spacial score (nSPS) is 12.3. The zero-order valence-corrected chi connectivity index (χ0v) is 13.9. The molecule has 0 aliphatic rings. The summed E-state index contributed by atoms with van der Waals surface area (Å²) in [6.07, 6.45) is 0.809. The Bertz CT molecular complexity index is 539. The van der Waals surface area contributed by atoms with Gasteiger partial charge in [-0.25, -0.2) is 12.7 Å². The third kappa shape index (κ3) is 4.30. The molecule has 114 valence electrons. The fraction of sp³-hybridized carbons (Fsp3) is 0.600. The minimum Gasteiger partial charge on any atom is -0.310 e. The molecule has 1 rings (SSSR count). The van der Waals surface area contributed by atoms with Gasteiger partial charge < -0.3 is 5.32 Å². The molecule has 0 saturated carbocycles. The van der Waals surface area contributed by atoms with Crippen LogP contribution in [0.15, 0.2) is 23.1 Å². The lowest BCUT2D eigenvalue weighted by molar-refractivity contribution is 0.468. The Morgan fingerprint density at radius 2 is 1.95 bits per heavy atom. The average molecular weight is 298 g/mol. The number of nitrogens with zero attached hydrogens (tertiary/aromatic N) is 1. The Labute approximate surface area is 123 Å². The van der Waals surface area contributed by atoms with Gasteiger partial charge in [0.05, 0.1) is 4.90 Å². The third-order valence-electron chi connectivity index (χ3n) is 3.27. The molecular formula is C15H26N2O2S. The fourth-order valence-electron chi connectivity index (χ4n) is 1.93. The second-order valence-electron chi connectivity index (χ2n) is 5.45. The maximum absolute atomic E-state index is 12.4. The lowest BCUT2D eigenvalue weighted by atomic mass is 10.1. The molecule has 0 saturated heterocycles. The Balaban J connectivity index is 3.05. The Kier molecular flexibility index (Phi) is 6.17. The van der Waals surface area contributed by atoms with Crippen molar-refractivity contribution >= 4 is 10.0 Å². The number of benzene rings is 1. The topological polar surface area (TPSA) is 49.4 Å². The van der Waals surface area contributed by atoms with E-state index in [0.29, 0.717) is 24.0 Å². The molecular weight excluding hydrogens is 272 g/mol. The van der Waals surface area contributed by atoms with E-state index in [2.05, 4.69) is 19.2 Å². The van der Waals surface area contributed by atoms with Gasteiger partial charge in [-0.05, 0) is 36.6 Å². The van der Waals surface area contributed by atoms with Gasteiger partial charge in [0.1, 0.15) is 0 Å². The second kappa shape index (κ2) is 7.20. The zero-order chi connectivity index (χ0) is 15.3. The maximum atomic E-state index is 12.4. The number of sulfonamides is 1. The molecule has 0 heterocycles. The Morgan fingerprint density at radius 3 is 2.50 bits per heavy atom. The van der Waals surface area contributed by atoms with Crippen LogP contribution in [-0.4, -0.2) is 32.4 Å². The van der Waals surface area contributed by atoms with Gasteiger partial charge in [-0.15, -0.1) is 0 Å². The van der Waals surface area contributed by atoms with Crippen LogP contribution in [0.3, 0.4) is 0 Å². The molecule has 0 spiro atoms. The van der Waals surface area contributed by atoms with E-state index in [0.717, 1.165) is 17.5 Å². The number of aryl methyl sites for hydroxylation is 1. The van der Waals surface area contributed by atoms with Crippen molar-refractivity contribution in [1.29, 1.82) is 0 Å². The second-order valence-corrected chi connectivity index (χ2v) is 7.50. The van der Waals surface area contributed by atoms with Gasteiger partial charge in [0.15, 0.2) is 0 Å². The molecule has 1 aromatic carbocycles. The van der Waals surface area contributed by atoms with Gasteiger partial charge in [0.25, 0.3) is 0 Å². The van der Waals surface area contributed by atoms with Crippen LogP contribution in [0.25, 0.3) is 0 Å². The highest BCUT2D eigenvalue weighted by Crippen LogP contribution is 2.19. The molecule has 5 heteroatoms. The highest BCUT2D eigenvalue weighted by Gasteiger charge is 2.20. The lowest BCUT2D eigenvalue weighted by Gasteiger charge is -2.18. The van der Waals surface area contributed by atoms with E-state index in [9.17, 15) is 8.42 Å². The van der Waals surface area contributed by atoms with Crippen LogP contribution < -0.4 is 5.32 Å². The highest BCUT2D eigenvalue weighted by molar-refractivity contribution is 7.89. The van der Waals surface area contributed by atoms with E-state index in [4.69, 9.17) is 0 Å². The van der Waals surface area contributed by atoms with Gasteiger partial charge in [-0.1, -0.05) is 26.8 Å². The van der Waals surface area contributed by atoms with Crippen molar-refractivity contribution in [3.63, 3.8) is 0 Å². The summed E-state index contributed by atoms with van der Waals surface area (Å²) < 4.78 is 26.3. The largest absolute Gasteiger partial charge is 0.310 e. The summed E-state index contributed by atoms with van der Waals surface area (Å²) in [5, 5.41) is 3.33. The van der Waals surface area contributed by atoms with Crippen molar-refractivity contribution in [2.45, 2.75) is 51.6 Å². The zero-order valence-electron chi connectivity index (χ0n) is 13.1. The van der Waals surface area contributed by atoms with Crippen molar-refractivity contribution in [2.24, 2.45) is 0 Å². The molecule has 1 N–H and O–H groups in total. The average Bonchev–Trinajstić information content (AvgIpc) is 2.37. The van der Waals surface area contributed by atoms with Gasteiger partial charge in [0, 0.05) is 26.2 Å². The van der Waals surface area contributed by atoms with Crippen LogP contribution in [-0.2, 0) is 16.6 Å². The third-order valence-corrected chi connectivity index (χ3v) is 5.12. The van der Waals surface area contributed by atoms with Gasteiger partial charge >= 0.3 is 0 Å². The maximum Gasteiger partial charge on any atom is 0.242 e. The van der Waals surface area contributed by atoms with Gasteiger partial charge in [-0.3, -0.25) is 0 Å². The number of hydrogen-bond donors (Lipinski definition) is 1. The lowest BCUT2D eigenvalue weighted by Crippen LogP contribution is -2.28. The summed E-state index contributed by atoms with van der Waals surface area (Å²) in [5.41, 5.74) is 2.14. The quantitative estimate of drug-likeness (QED) is 0.841. The fourth-order valence-corrected chi connectivity index (χ4v) is 3.24. The van der Waals surface area contributed by atoms with E-state index >= 15 is 0 Å². The standard InChI is InChI=1S/C15H26N2O2S/c1-6-9-17(5)20(18,19)15-8-7-13(4)14(10-15)11-16-12(2)3/h7-8,10,12,16H,6,9,11H2,1-5H3. The van der Waals surface area contributed by atoms with Crippen molar-refractivity contribution in [3.8, 4) is 0 Å². The summed E-state index contributed by atoms with van der Waals surface area (Å²) >= 11 is 0. The molecule has 0 amide bonds. The minimum absolute atomic E-state index is 0.373. The molecule has 0 atom stereocenters. The van der Waals surface area contributed by atoms with Crippen LogP contribution in [0.1, 0.15) is 38.3 Å². The summed E-state index contributed by atoms with van der Waals surface area (Å²) in [6.45, 7) is 9.35. The first kappa shape index (κ1) is 17.1. The minimum atomic E-state index is -3.37. The first-order chi connectivity index (χ1) is 9.28. The summed E-state index contributed by atoms with van der Waals surface area (Å²) in [6, 6.07) is 5.73. The molecule has 0 radical (unpaired) electrons. The predicted octanol–water partition coefficient (Wildman–Crippen LogP) is 2.52. The predicted molar refractivity (Wildman–Crippen MR) is 83.3 cm³/mol. The summed E-state index contributed by atoms with van der Waals surface area (Å²) in [4.78, 5) is 0.375. The first-order valence-corrected chi connectivity index (χ1v) is 8.52. The number of rotatable bonds is 7. The van der Waals surface area contributed by atoms with Crippen LogP contribution in [0.2, 0.25) is 0 Å². The Morgan fingerprint density at radius 1 is 1.30 bits per heavy atom. The molecule has 0 aromatic heterocycles. The van der Waals surface area contributed by atoms with Crippen LogP contribution in [0.4, 0.5) is 0 Å². The number of hydrogen-bond acceptors (Lipinski definition) is 3. The highest BCUT2D eigenvalue weighted by atomic mass is 32.2. The number of nitrogens with one attached hydrogen (secondary N) is 1. The monoisotopic (exact) mass is 298 g/mol. The smallest absolute Gasteiger partial charge is 0.242 e. The van der Waals surface area contributed by atoms with Crippen LogP contribution >= 0.6 is 0 Å². The molecule has 1 aromatic rings. The summed E-state index contributed by atoms with van der Waals surface area (Å²) in [7, 11) is -1.74. The molecule has 20 heavy (non-hydrogen) atoms. The van der Waals surface area contributed by atoms with Gasteiger partial charge in [0.2, 0.25) is 10.0 Å². The van der Waals surface area contributed by atoms with E-state index < -0.39 is 10.0 Å². The summed E-state index contributed by atoms with van der Waals surface area (Å²) in [5.74, 6) is 0. The van der Waals surface area contributed by atoms with E-state index in [1.54, 1.807) is 19.2 Å². The molecule has 0 fully saturated rings. The van der Waals surface area contributed by atoms with Crippen molar-refractivity contribution in [2.75, 3.05) is 13.6 Å². The molecule has 0 aliphatic heterocycles.